The molecule has 0 amide bonds. The van der Waals surface area contributed by atoms with Gasteiger partial charge in [0.1, 0.15) is 5.82 Å². The number of hydrogen-bond donors (Lipinski definition) is 1. The smallest absolute Gasteiger partial charge is 0.130 e. The van der Waals surface area contributed by atoms with Gasteiger partial charge in [-0.05, 0) is 61.1 Å². The standard InChI is InChI=1S/C19H26N2/c1-3-5-8-16-10-7-11-18(14-16)21-19-15-17(9-6-4-2)12-13-20-19/h7,10-15H,3-6,8-9H2,1-2H3,(H,20,21). The van der Waals surface area contributed by atoms with Crippen molar-refractivity contribution in [2.45, 2.75) is 52.4 Å². The van der Waals surface area contributed by atoms with E-state index in [2.05, 4.69) is 60.5 Å². The fraction of sp³-hybridized carbons (Fsp3) is 0.421. The van der Waals surface area contributed by atoms with Crippen molar-refractivity contribution in [3.63, 3.8) is 0 Å². The van der Waals surface area contributed by atoms with Crippen LogP contribution in [0.4, 0.5) is 11.5 Å². The van der Waals surface area contributed by atoms with Crippen LogP contribution in [0.15, 0.2) is 42.6 Å². The van der Waals surface area contributed by atoms with E-state index in [-0.39, 0.29) is 0 Å². The molecule has 21 heavy (non-hydrogen) atoms. The molecule has 1 aromatic carbocycles. The average molecular weight is 282 g/mol. The quantitative estimate of drug-likeness (QED) is 0.690. The first-order chi connectivity index (χ1) is 10.3. The van der Waals surface area contributed by atoms with Crippen molar-refractivity contribution >= 4 is 11.5 Å². The molecule has 0 spiro atoms. The Morgan fingerprint density at radius 1 is 0.905 bits per heavy atom. The number of unbranched alkanes of at least 4 members (excludes halogenated alkanes) is 2. The zero-order chi connectivity index (χ0) is 14.9. The molecule has 112 valence electrons. The second kappa shape index (κ2) is 8.46. The zero-order valence-corrected chi connectivity index (χ0v) is 13.2. The summed E-state index contributed by atoms with van der Waals surface area (Å²) < 4.78 is 0. The Balaban J connectivity index is 2.03. The van der Waals surface area contributed by atoms with Gasteiger partial charge in [0, 0.05) is 11.9 Å². The largest absolute Gasteiger partial charge is 0.340 e. The minimum atomic E-state index is 0.941. The number of anilines is 2. The Labute approximate surface area is 128 Å². The first-order valence-corrected chi connectivity index (χ1v) is 8.12. The van der Waals surface area contributed by atoms with Gasteiger partial charge in [0.2, 0.25) is 0 Å². The molecule has 0 bridgehead atoms. The molecule has 2 rings (SSSR count). The van der Waals surface area contributed by atoms with Crippen molar-refractivity contribution in [1.29, 1.82) is 0 Å². The van der Waals surface area contributed by atoms with E-state index < -0.39 is 0 Å². The minimum absolute atomic E-state index is 0.941. The third-order valence-corrected chi connectivity index (χ3v) is 3.66. The Bertz CT molecular complexity index is 499. The van der Waals surface area contributed by atoms with Gasteiger partial charge in [0.25, 0.3) is 0 Å². The van der Waals surface area contributed by atoms with E-state index in [0.29, 0.717) is 0 Å². The van der Waals surface area contributed by atoms with Crippen LogP contribution < -0.4 is 5.32 Å². The summed E-state index contributed by atoms with van der Waals surface area (Å²) in [5.41, 5.74) is 3.88. The summed E-state index contributed by atoms with van der Waals surface area (Å²) in [4.78, 5) is 4.42. The lowest BCUT2D eigenvalue weighted by Crippen LogP contribution is -1.96. The van der Waals surface area contributed by atoms with Crippen LogP contribution in [0.3, 0.4) is 0 Å². The third kappa shape index (κ3) is 5.22. The van der Waals surface area contributed by atoms with Crippen LogP contribution in [0.5, 0.6) is 0 Å². The molecule has 0 saturated heterocycles. The molecular formula is C19H26N2. The molecule has 2 heteroatoms. The molecule has 2 aromatic rings. The van der Waals surface area contributed by atoms with E-state index in [9.17, 15) is 0 Å². The molecule has 1 N–H and O–H groups in total. The van der Waals surface area contributed by atoms with Crippen molar-refractivity contribution < 1.29 is 0 Å². The highest BCUT2D eigenvalue weighted by molar-refractivity contribution is 5.57. The Kier molecular flexibility index (Phi) is 6.26. The number of nitrogens with one attached hydrogen (secondary N) is 1. The minimum Gasteiger partial charge on any atom is -0.340 e. The maximum Gasteiger partial charge on any atom is 0.130 e. The monoisotopic (exact) mass is 282 g/mol. The first-order valence-electron chi connectivity index (χ1n) is 8.12. The number of hydrogen-bond acceptors (Lipinski definition) is 2. The Morgan fingerprint density at radius 3 is 2.33 bits per heavy atom. The second-order valence-electron chi connectivity index (χ2n) is 5.58. The first kappa shape index (κ1) is 15.6. The van der Waals surface area contributed by atoms with Crippen molar-refractivity contribution in [3.05, 3.63) is 53.7 Å². The molecule has 0 aliphatic carbocycles. The van der Waals surface area contributed by atoms with E-state index in [0.717, 1.165) is 24.3 Å². The van der Waals surface area contributed by atoms with E-state index in [4.69, 9.17) is 0 Å². The number of aromatic nitrogens is 1. The molecule has 0 aliphatic rings. The fourth-order valence-electron chi connectivity index (χ4n) is 2.41. The molecule has 0 saturated carbocycles. The van der Waals surface area contributed by atoms with E-state index in [1.54, 1.807) is 0 Å². The van der Waals surface area contributed by atoms with Gasteiger partial charge in [-0.1, -0.05) is 38.8 Å². The predicted octanol–water partition coefficient (Wildman–Crippen LogP) is 5.51. The summed E-state index contributed by atoms with van der Waals surface area (Å²) in [5.74, 6) is 0.941. The lowest BCUT2D eigenvalue weighted by Gasteiger charge is -2.09. The molecule has 1 aromatic heterocycles. The molecule has 1 heterocycles. The van der Waals surface area contributed by atoms with Crippen molar-refractivity contribution in [2.75, 3.05) is 5.32 Å². The summed E-state index contributed by atoms with van der Waals surface area (Å²) in [5, 5.41) is 3.43. The fourth-order valence-corrected chi connectivity index (χ4v) is 2.41. The van der Waals surface area contributed by atoms with Crippen molar-refractivity contribution in [3.8, 4) is 0 Å². The normalized spacial score (nSPS) is 10.6. The van der Waals surface area contributed by atoms with Gasteiger partial charge in [0.15, 0.2) is 0 Å². The number of aryl methyl sites for hydroxylation is 2. The van der Waals surface area contributed by atoms with Gasteiger partial charge in [-0.2, -0.15) is 0 Å². The van der Waals surface area contributed by atoms with Gasteiger partial charge in [0.05, 0.1) is 0 Å². The summed E-state index contributed by atoms with van der Waals surface area (Å²) in [6.07, 6.45) is 9.11. The average Bonchev–Trinajstić information content (AvgIpc) is 2.52. The molecular weight excluding hydrogens is 256 g/mol. The highest BCUT2D eigenvalue weighted by Gasteiger charge is 2.00. The van der Waals surface area contributed by atoms with E-state index >= 15 is 0 Å². The van der Waals surface area contributed by atoms with Crippen LogP contribution in [0.1, 0.15) is 50.7 Å². The lowest BCUT2D eigenvalue weighted by molar-refractivity contribution is 0.794. The zero-order valence-electron chi connectivity index (χ0n) is 13.2. The van der Waals surface area contributed by atoms with Gasteiger partial charge in [-0.25, -0.2) is 4.98 Å². The Morgan fingerprint density at radius 2 is 1.62 bits per heavy atom. The van der Waals surface area contributed by atoms with Crippen LogP contribution in [0, 0.1) is 0 Å². The maximum atomic E-state index is 4.42. The Hall–Kier alpha value is -1.83. The maximum absolute atomic E-state index is 4.42. The number of rotatable bonds is 8. The number of benzene rings is 1. The van der Waals surface area contributed by atoms with Crippen LogP contribution in [0.2, 0.25) is 0 Å². The second-order valence-corrected chi connectivity index (χ2v) is 5.58. The van der Waals surface area contributed by atoms with E-state index in [1.165, 1.54) is 36.8 Å². The van der Waals surface area contributed by atoms with E-state index in [1.807, 2.05) is 6.20 Å². The van der Waals surface area contributed by atoms with Crippen LogP contribution in [-0.2, 0) is 12.8 Å². The summed E-state index contributed by atoms with van der Waals surface area (Å²) >= 11 is 0. The molecule has 0 fully saturated rings. The molecule has 0 atom stereocenters. The predicted molar refractivity (Wildman–Crippen MR) is 91.2 cm³/mol. The topological polar surface area (TPSA) is 24.9 Å². The summed E-state index contributed by atoms with van der Waals surface area (Å²) in [6, 6.07) is 12.9. The molecule has 2 nitrogen and oxygen atoms in total. The number of nitrogens with zero attached hydrogens (tertiary/aromatic N) is 1. The SMILES string of the molecule is CCCCc1cccc(Nc2cc(CCCC)ccn2)c1. The van der Waals surface area contributed by atoms with Crippen LogP contribution in [0.25, 0.3) is 0 Å². The summed E-state index contributed by atoms with van der Waals surface area (Å²) in [6.45, 7) is 4.45. The number of pyridine rings is 1. The molecule has 0 unspecified atom stereocenters. The van der Waals surface area contributed by atoms with Crippen LogP contribution in [-0.4, -0.2) is 4.98 Å². The van der Waals surface area contributed by atoms with Gasteiger partial charge in [-0.15, -0.1) is 0 Å². The highest BCUT2D eigenvalue weighted by atomic mass is 15.0. The van der Waals surface area contributed by atoms with Gasteiger partial charge in [-0.3, -0.25) is 0 Å². The lowest BCUT2D eigenvalue weighted by atomic mass is 10.1. The molecule has 0 aliphatic heterocycles. The highest BCUT2D eigenvalue weighted by Crippen LogP contribution is 2.18. The summed E-state index contributed by atoms with van der Waals surface area (Å²) in [7, 11) is 0. The van der Waals surface area contributed by atoms with Crippen LogP contribution >= 0.6 is 0 Å². The van der Waals surface area contributed by atoms with Gasteiger partial charge < -0.3 is 5.32 Å². The molecule has 0 radical (unpaired) electrons. The van der Waals surface area contributed by atoms with Crippen molar-refractivity contribution in [2.24, 2.45) is 0 Å². The van der Waals surface area contributed by atoms with Crippen molar-refractivity contribution in [1.82, 2.24) is 4.98 Å². The van der Waals surface area contributed by atoms with Gasteiger partial charge >= 0.3 is 0 Å². The third-order valence-electron chi connectivity index (χ3n) is 3.66.